The first-order valence-electron chi connectivity index (χ1n) is 9.76. The van der Waals surface area contributed by atoms with Crippen LogP contribution in [0.25, 0.3) is 10.8 Å². The highest BCUT2D eigenvalue weighted by atomic mass is 16.1. The Labute approximate surface area is 160 Å². The van der Waals surface area contributed by atoms with E-state index in [0.717, 1.165) is 32.0 Å². The molecule has 0 radical (unpaired) electrons. The molecule has 3 aromatic carbocycles. The number of carbonyl (C=O) groups is 1. The molecular weight excluding hydrogens is 332 g/mol. The zero-order valence-electron chi connectivity index (χ0n) is 15.6. The number of amides is 1. The lowest BCUT2D eigenvalue weighted by molar-refractivity contribution is 0.100. The van der Waals surface area contributed by atoms with Crippen molar-refractivity contribution in [1.29, 1.82) is 0 Å². The van der Waals surface area contributed by atoms with Crippen molar-refractivity contribution in [3.05, 3.63) is 83.4 Å². The lowest BCUT2D eigenvalue weighted by Gasteiger charge is -2.32. The minimum Gasteiger partial charge on any atom is -0.366 e. The van der Waals surface area contributed by atoms with Crippen LogP contribution >= 0.6 is 0 Å². The van der Waals surface area contributed by atoms with Gasteiger partial charge in [0.2, 0.25) is 5.91 Å². The smallest absolute Gasteiger partial charge is 0.248 e. The van der Waals surface area contributed by atoms with E-state index in [2.05, 4.69) is 47.4 Å². The van der Waals surface area contributed by atoms with Gasteiger partial charge in [-0.05, 0) is 78.4 Å². The van der Waals surface area contributed by atoms with Crippen LogP contribution in [0, 0.1) is 5.92 Å². The summed E-state index contributed by atoms with van der Waals surface area (Å²) in [6.45, 7) is 3.33. The van der Waals surface area contributed by atoms with Crippen molar-refractivity contribution in [2.24, 2.45) is 11.7 Å². The van der Waals surface area contributed by atoms with Crippen molar-refractivity contribution < 1.29 is 4.79 Å². The van der Waals surface area contributed by atoms with Gasteiger partial charge in [0.05, 0.1) is 0 Å². The van der Waals surface area contributed by atoms with Crippen molar-refractivity contribution in [3.8, 4) is 0 Å². The van der Waals surface area contributed by atoms with Crippen LogP contribution in [0.2, 0.25) is 0 Å². The van der Waals surface area contributed by atoms with Crippen LogP contribution in [0.3, 0.4) is 0 Å². The van der Waals surface area contributed by atoms with Crippen molar-refractivity contribution in [3.63, 3.8) is 0 Å². The Morgan fingerprint density at radius 2 is 1.56 bits per heavy atom. The average Bonchev–Trinajstić information content (AvgIpc) is 2.70. The number of hydrogen-bond donors (Lipinski definition) is 1. The molecule has 1 fully saturated rings. The summed E-state index contributed by atoms with van der Waals surface area (Å²) in [5.41, 5.74) is 8.60. The van der Waals surface area contributed by atoms with Crippen molar-refractivity contribution in [1.82, 2.24) is 4.90 Å². The van der Waals surface area contributed by atoms with E-state index in [1.54, 1.807) is 0 Å². The molecule has 0 aromatic heterocycles. The molecular formula is C24H26N2O. The Morgan fingerprint density at radius 1 is 0.889 bits per heavy atom. The largest absolute Gasteiger partial charge is 0.366 e. The standard InChI is InChI=1S/C24H26N2O/c25-24(27)22-9-5-18(6-10-22)15-19-11-13-26(14-12-19)17-20-7-8-21-3-1-2-4-23(21)16-20/h1-10,16,19H,11-15,17H2,(H2,25,27). The third kappa shape index (κ3) is 4.37. The molecule has 1 heterocycles. The number of carbonyl (C=O) groups excluding carboxylic acids is 1. The highest BCUT2D eigenvalue weighted by Gasteiger charge is 2.19. The van der Waals surface area contributed by atoms with E-state index in [1.165, 1.54) is 34.7 Å². The molecule has 3 aromatic rings. The number of nitrogens with zero attached hydrogens (tertiary/aromatic N) is 1. The van der Waals surface area contributed by atoms with Crippen LogP contribution in [0.1, 0.15) is 34.3 Å². The van der Waals surface area contributed by atoms with Gasteiger partial charge in [-0.1, -0.05) is 48.5 Å². The summed E-state index contributed by atoms with van der Waals surface area (Å²) in [6, 6.07) is 23.1. The normalized spacial score (nSPS) is 15.9. The summed E-state index contributed by atoms with van der Waals surface area (Å²) < 4.78 is 0. The maximum atomic E-state index is 11.2. The Bertz CT molecular complexity index is 925. The molecule has 0 unspecified atom stereocenters. The summed E-state index contributed by atoms with van der Waals surface area (Å²) in [7, 11) is 0. The number of piperidine rings is 1. The van der Waals surface area contributed by atoms with E-state index in [9.17, 15) is 4.79 Å². The Hall–Kier alpha value is -2.65. The monoisotopic (exact) mass is 358 g/mol. The number of primary amides is 1. The molecule has 0 saturated carbocycles. The van der Waals surface area contributed by atoms with Crippen LogP contribution in [0.5, 0.6) is 0 Å². The van der Waals surface area contributed by atoms with E-state index >= 15 is 0 Å². The number of hydrogen-bond acceptors (Lipinski definition) is 2. The van der Waals surface area contributed by atoms with Crippen molar-refractivity contribution in [2.75, 3.05) is 13.1 Å². The first kappa shape index (κ1) is 17.7. The Balaban J connectivity index is 1.31. The van der Waals surface area contributed by atoms with Crippen molar-refractivity contribution in [2.45, 2.75) is 25.8 Å². The highest BCUT2D eigenvalue weighted by Crippen LogP contribution is 2.24. The van der Waals surface area contributed by atoms with Gasteiger partial charge >= 0.3 is 0 Å². The third-order valence-electron chi connectivity index (χ3n) is 5.69. The molecule has 3 heteroatoms. The molecule has 4 rings (SSSR count). The quantitative estimate of drug-likeness (QED) is 0.735. The van der Waals surface area contributed by atoms with E-state index in [0.29, 0.717) is 5.56 Å². The summed E-state index contributed by atoms with van der Waals surface area (Å²) in [4.78, 5) is 13.7. The number of rotatable bonds is 5. The number of likely N-dealkylation sites (tertiary alicyclic amines) is 1. The molecule has 3 nitrogen and oxygen atoms in total. The predicted molar refractivity (Wildman–Crippen MR) is 111 cm³/mol. The summed E-state index contributed by atoms with van der Waals surface area (Å²) >= 11 is 0. The predicted octanol–water partition coefficient (Wildman–Crippen LogP) is 4.39. The highest BCUT2D eigenvalue weighted by molar-refractivity contribution is 5.92. The van der Waals surface area contributed by atoms with Gasteiger partial charge in [-0.2, -0.15) is 0 Å². The van der Waals surface area contributed by atoms with Crippen molar-refractivity contribution >= 4 is 16.7 Å². The molecule has 1 saturated heterocycles. The van der Waals surface area contributed by atoms with Crippen LogP contribution in [0.15, 0.2) is 66.7 Å². The Kier molecular flexibility index (Phi) is 5.21. The third-order valence-corrected chi connectivity index (χ3v) is 5.69. The van der Waals surface area contributed by atoms with Gasteiger partial charge in [-0.25, -0.2) is 0 Å². The molecule has 1 aliphatic heterocycles. The molecule has 0 aliphatic carbocycles. The second-order valence-corrected chi connectivity index (χ2v) is 7.67. The van der Waals surface area contributed by atoms with Gasteiger partial charge in [0.1, 0.15) is 0 Å². The fourth-order valence-corrected chi connectivity index (χ4v) is 4.08. The number of nitrogens with two attached hydrogens (primary N) is 1. The van der Waals surface area contributed by atoms with E-state index < -0.39 is 0 Å². The fraction of sp³-hybridized carbons (Fsp3) is 0.292. The van der Waals surface area contributed by atoms with Gasteiger partial charge in [0, 0.05) is 12.1 Å². The first-order valence-corrected chi connectivity index (χ1v) is 9.76. The molecule has 1 amide bonds. The zero-order valence-corrected chi connectivity index (χ0v) is 15.6. The van der Waals surface area contributed by atoms with Crippen LogP contribution in [-0.2, 0) is 13.0 Å². The van der Waals surface area contributed by atoms with Crippen LogP contribution < -0.4 is 5.73 Å². The minimum absolute atomic E-state index is 0.358. The number of fused-ring (bicyclic) bond motifs is 1. The molecule has 138 valence electrons. The zero-order chi connectivity index (χ0) is 18.6. The average molecular weight is 358 g/mol. The first-order chi connectivity index (χ1) is 13.2. The topological polar surface area (TPSA) is 46.3 Å². The maximum absolute atomic E-state index is 11.2. The molecule has 27 heavy (non-hydrogen) atoms. The second-order valence-electron chi connectivity index (χ2n) is 7.67. The van der Waals surface area contributed by atoms with E-state index in [-0.39, 0.29) is 5.91 Å². The minimum atomic E-state index is -0.358. The maximum Gasteiger partial charge on any atom is 0.248 e. The van der Waals surface area contributed by atoms with Crippen LogP contribution in [-0.4, -0.2) is 23.9 Å². The van der Waals surface area contributed by atoms with Gasteiger partial charge < -0.3 is 5.73 Å². The lowest BCUT2D eigenvalue weighted by Crippen LogP contribution is -2.33. The second kappa shape index (κ2) is 7.93. The fourth-order valence-electron chi connectivity index (χ4n) is 4.08. The van der Waals surface area contributed by atoms with Gasteiger partial charge in [-0.3, -0.25) is 9.69 Å². The molecule has 0 bridgehead atoms. The van der Waals surface area contributed by atoms with E-state index in [4.69, 9.17) is 5.73 Å². The molecule has 2 N–H and O–H groups in total. The Morgan fingerprint density at radius 3 is 2.26 bits per heavy atom. The van der Waals surface area contributed by atoms with Crippen LogP contribution in [0.4, 0.5) is 0 Å². The van der Waals surface area contributed by atoms with Gasteiger partial charge in [0.25, 0.3) is 0 Å². The summed E-state index contributed by atoms with van der Waals surface area (Å²) in [6.07, 6.45) is 3.54. The summed E-state index contributed by atoms with van der Waals surface area (Å²) in [5.74, 6) is 0.362. The van der Waals surface area contributed by atoms with Gasteiger partial charge in [-0.15, -0.1) is 0 Å². The molecule has 0 atom stereocenters. The molecule has 1 aliphatic rings. The van der Waals surface area contributed by atoms with Gasteiger partial charge in [0.15, 0.2) is 0 Å². The summed E-state index contributed by atoms with van der Waals surface area (Å²) in [5, 5.41) is 2.63. The number of benzene rings is 3. The molecule has 0 spiro atoms. The van der Waals surface area contributed by atoms with E-state index in [1.807, 2.05) is 24.3 Å². The SMILES string of the molecule is NC(=O)c1ccc(CC2CCN(Cc3ccc4ccccc4c3)CC2)cc1. The lowest BCUT2D eigenvalue weighted by atomic mass is 9.89.